The number of thiophene rings is 1. The van der Waals surface area contributed by atoms with E-state index < -0.39 is 0 Å². The second kappa shape index (κ2) is 11.1. The van der Waals surface area contributed by atoms with Crippen LogP contribution in [0.4, 0.5) is 11.4 Å². The van der Waals surface area contributed by atoms with Gasteiger partial charge in [-0.15, -0.1) is 11.3 Å². The third kappa shape index (κ3) is 5.90. The van der Waals surface area contributed by atoms with Crippen LogP contribution in [-0.4, -0.2) is 28.9 Å². The summed E-state index contributed by atoms with van der Waals surface area (Å²) in [5.74, 6) is -0.151. The van der Waals surface area contributed by atoms with Crippen molar-refractivity contribution in [2.45, 2.75) is 12.8 Å². The number of rotatable bonds is 7. The minimum atomic E-state index is -0.151. The third-order valence-corrected chi connectivity index (χ3v) is 6.04. The Morgan fingerprint density at radius 2 is 1.76 bits per heavy atom. The molecule has 0 spiro atoms. The summed E-state index contributed by atoms with van der Waals surface area (Å²) in [7, 11) is 2.08. The van der Waals surface area contributed by atoms with Gasteiger partial charge in [-0.3, -0.25) is 4.79 Å². The molecule has 0 atom stereocenters. The Balaban J connectivity index is 1.93. The molecule has 2 aromatic heterocycles. The number of pyridine rings is 1. The van der Waals surface area contributed by atoms with E-state index in [4.69, 9.17) is 0 Å². The average Bonchev–Trinajstić information content (AvgIpc) is 3.20. The summed E-state index contributed by atoms with van der Waals surface area (Å²) in [4.78, 5) is 20.7. The molecule has 0 radical (unpaired) electrons. The second-order valence-electron chi connectivity index (χ2n) is 6.57. The Morgan fingerprint density at radius 3 is 2.45 bits per heavy atom. The number of aromatic nitrogens is 1. The minimum absolute atomic E-state index is 0.151. The van der Waals surface area contributed by atoms with Crippen LogP contribution in [0.2, 0.25) is 0 Å². The number of amides is 1. The number of unbranched alkanes of at least 4 members (excludes halogenated alkanes) is 1. The van der Waals surface area contributed by atoms with Gasteiger partial charge in [0.25, 0.3) is 5.91 Å². The molecule has 0 saturated heterocycles. The Kier molecular flexibility index (Phi) is 8.25. The average molecular weight is 517 g/mol. The lowest BCUT2D eigenvalue weighted by atomic mass is 10.2. The highest BCUT2D eigenvalue weighted by Gasteiger charge is 2.16. The smallest absolute Gasteiger partial charge is 0.255 e. The number of carbonyl (C=O) groups excluding carboxylic acids is 1. The topological polar surface area (TPSA) is 45.2 Å². The first kappa shape index (κ1) is 21.5. The van der Waals surface area contributed by atoms with Crippen LogP contribution in [-0.2, 0) is 0 Å². The van der Waals surface area contributed by atoms with Gasteiger partial charge in [0, 0.05) is 24.5 Å². The Morgan fingerprint density at radius 1 is 1.07 bits per heavy atom. The quantitative estimate of drug-likeness (QED) is 0.227. The molecule has 29 heavy (non-hydrogen) atoms. The van der Waals surface area contributed by atoms with Crippen LogP contribution in [0.3, 0.4) is 0 Å². The number of halogens is 1. The molecule has 0 aliphatic rings. The fraction of sp³-hybridized carbons (Fsp3) is 0.217. The van der Waals surface area contributed by atoms with Gasteiger partial charge in [-0.1, -0.05) is 65.1 Å². The number of nitrogens with zero attached hydrogens (tertiary/aromatic N) is 2. The molecule has 0 unspecified atom stereocenters. The second-order valence-corrected chi connectivity index (χ2v) is 8.54. The van der Waals surface area contributed by atoms with Crippen molar-refractivity contribution in [1.82, 2.24) is 4.98 Å². The number of hydrogen-bond acceptors (Lipinski definition) is 4. The number of hydrogen-bond donors (Lipinski definition) is 1. The van der Waals surface area contributed by atoms with E-state index in [9.17, 15) is 4.79 Å². The molecule has 150 valence electrons. The van der Waals surface area contributed by atoms with Crippen LogP contribution in [0.15, 0.2) is 72.2 Å². The molecule has 0 aliphatic heterocycles. The van der Waals surface area contributed by atoms with E-state index in [1.165, 1.54) is 6.42 Å². The lowest BCUT2D eigenvalue weighted by Gasteiger charge is -2.23. The highest BCUT2D eigenvalue weighted by atomic mass is 127. The Labute approximate surface area is 189 Å². The van der Waals surface area contributed by atoms with E-state index in [-0.39, 0.29) is 5.91 Å². The normalized spacial score (nSPS) is 10.4. The van der Waals surface area contributed by atoms with Gasteiger partial charge in [0.2, 0.25) is 0 Å². The summed E-state index contributed by atoms with van der Waals surface area (Å²) in [5.41, 5.74) is 2.36. The van der Waals surface area contributed by atoms with Gasteiger partial charge in [0.05, 0.1) is 17.6 Å². The molecule has 0 bridgehead atoms. The van der Waals surface area contributed by atoms with Crippen LogP contribution in [0.5, 0.6) is 0 Å². The van der Waals surface area contributed by atoms with E-state index in [0.717, 1.165) is 39.0 Å². The number of carbonyl (C=O) groups is 1. The summed E-state index contributed by atoms with van der Waals surface area (Å²) in [6.45, 7) is 0.934. The minimum Gasteiger partial charge on any atom is -0.372 e. The van der Waals surface area contributed by atoms with Gasteiger partial charge in [0.15, 0.2) is 0 Å². The highest BCUT2D eigenvalue weighted by Crippen LogP contribution is 2.35. The van der Waals surface area contributed by atoms with Crippen molar-refractivity contribution in [3.8, 4) is 0 Å². The van der Waals surface area contributed by atoms with Crippen molar-refractivity contribution in [3.05, 3.63) is 77.8 Å². The monoisotopic (exact) mass is 517 g/mol. The molecule has 1 N–H and O–H groups in total. The van der Waals surface area contributed by atoms with Crippen molar-refractivity contribution in [2.75, 3.05) is 28.2 Å². The van der Waals surface area contributed by atoms with Gasteiger partial charge in [-0.05, 0) is 40.8 Å². The van der Waals surface area contributed by atoms with Gasteiger partial charge in [0.1, 0.15) is 4.83 Å². The van der Waals surface area contributed by atoms with Gasteiger partial charge in [-0.2, -0.15) is 0 Å². The standard InChI is InChI=1S/C23H24IN3OS/c1-27(15-10-9-14-24)21-19-13-16-29-23(19)25-17-20(21)26-22(28)18-11-7-5-3-2-4-6-8-12-18/h2-8,11-13,16-17H,9-10,14-15H2,1H3,(H,26,28). The summed E-state index contributed by atoms with van der Waals surface area (Å²) < 4.78 is 1.15. The summed E-state index contributed by atoms with van der Waals surface area (Å²) >= 11 is 4.02. The van der Waals surface area contributed by atoms with Gasteiger partial charge >= 0.3 is 0 Å². The maximum absolute atomic E-state index is 13.0. The Bertz CT molecular complexity index is 995. The van der Waals surface area contributed by atoms with Gasteiger partial charge in [-0.25, -0.2) is 4.98 Å². The van der Waals surface area contributed by atoms with E-state index >= 15 is 0 Å². The van der Waals surface area contributed by atoms with E-state index in [2.05, 4.69) is 50.9 Å². The predicted octanol–water partition coefficient (Wildman–Crippen LogP) is 6.32. The lowest BCUT2D eigenvalue weighted by Crippen LogP contribution is -2.22. The maximum atomic E-state index is 13.0. The molecule has 0 fully saturated rings. The van der Waals surface area contributed by atoms with Crippen LogP contribution in [0.25, 0.3) is 10.2 Å². The van der Waals surface area contributed by atoms with E-state index in [1.54, 1.807) is 17.5 Å². The van der Waals surface area contributed by atoms with Crippen molar-refractivity contribution >= 4 is 61.4 Å². The van der Waals surface area contributed by atoms with Crippen molar-refractivity contribution in [2.24, 2.45) is 0 Å². The van der Waals surface area contributed by atoms with Crippen molar-refractivity contribution < 1.29 is 4.79 Å². The number of nitrogens with one attached hydrogen (secondary N) is 1. The molecule has 4 nitrogen and oxygen atoms in total. The third-order valence-electron chi connectivity index (χ3n) is 4.45. The highest BCUT2D eigenvalue weighted by molar-refractivity contribution is 14.1. The molecule has 2 heterocycles. The van der Waals surface area contributed by atoms with Crippen LogP contribution >= 0.6 is 33.9 Å². The molecule has 0 aliphatic carbocycles. The van der Waals surface area contributed by atoms with Crippen LogP contribution < -0.4 is 10.2 Å². The SMILES string of the molecule is CN(CCCCI)c1c(NC(=O)c2ccccccccc2)cnc2sccc12. The van der Waals surface area contributed by atoms with E-state index in [0.29, 0.717) is 5.56 Å². The molecule has 1 amide bonds. The first-order valence-corrected chi connectivity index (χ1v) is 11.9. The number of fused-ring (bicyclic) bond motifs is 1. The summed E-state index contributed by atoms with van der Waals surface area (Å²) in [5, 5.41) is 6.20. The molecule has 1 aromatic carbocycles. The number of alkyl halides is 1. The fourth-order valence-corrected chi connectivity index (χ4v) is 4.29. The maximum Gasteiger partial charge on any atom is 0.255 e. The molecule has 3 aromatic rings. The molecule has 3 rings (SSSR count). The first-order valence-electron chi connectivity index (χ1n) is 9.53. The van der Waals surface area contributed by atoms with Crippen LogP contribution in [0.1, 0.15) is 23.2 Å². The fourth-order valence-electron chi connectivity index (χ4n) is 3.01. The zero-order valence-electron chi connectivity index (χ0n) is 16.3. The Hall–Kier alpha value is -2.19. The van der Waals surface area contributed by atoms with Crippen molar-refractivity contribution in [1.29, 1.82) is 0 Å². The summed E-state index contributed by atoms with van der Waals surface area (Å²) in [6, 6.07) is 19.1. The van der Waals surface area contributed by atoms with Crippen LogP contribution in [0, 0.1) is 0 Å². The van der Waals surface area contributed by atoms with Crippen molar-refractivity contribution in [3.63, 3.8) is 0 Å². The number of anilines is 2. The molecular formula is C23H24IN3OS. The molecule has 6 heteroatoms. The zero-order chi connectivity index (χ0) is 20.5. The van der Waals surface area contributed by atoms with E-state index in [1.807, 2.05) is 60.0 Å². The molecular weight excluding hydrogens is 493 g/mol. The largest absolute Gasteiger partial charge is 0.372 e. The molecule has 0 saturated carbocycles. The van der Waals surface area contributed by atoms with Gasteiger partial charge < -0.3 is 10.2 Å². The predicted molar refractivity (Wildman–Crippen MR) is 133 cm³/mol. The zero-order valence-corrected chi connectivity index (χ0v) is 19.3. The summed E-state index contributed by atoms with van der Waals surface area (Å²) in [6.07, 6.45) is 4.06. The first-order chi connectivity index (χ1) is 14.2. The lowest BCUT2D eigenvalue weighted by molar-refractivity contribution is 0.102.